The van der Waals surface area contributed by atoms with E-state index in [1.807, 2.05) is 79.7 Å². The van der Waals surface area contributed by atoms with Gasteiger partial charge in [-0.2, -0.15) is 0 Å². The van der Waals surface area contributed by atoms with Gasteiger partial charge in [0.05, 0.1) is 0 Å². The third kappa shape index (κ3) is 12.3. The second-order valence-electron chi connectivity index (χ2n) is 15.9. The van der Waals surface area contributed by atoms with Crippen LogP contribution in [-0.2, 0) is 0 Å². The number of rotatable bonds is 8. The number of aryl methyl sites for hydroxylation is 5. The molecule has 0 spiro atoms. The zero-order valence-corrected chi connectivity index (χ0v) is 39.1. The van der Waals surface area contributed by atoms with Crippen molar-refractivity contribution >= 4 is 68.9 Å². The Bertz CT molecular complexity index is 2750. The van der Waals surface area contributed by atoms with Gasteiger partial charge in [0.15, 0.2) is 0 Å². The monoisotopic (exact) mass is 892 g/mol. The number of benzene rings is 9. The van der Waals surface area contributed by atoms with E-state index in [0.717, 1.165) is 49.2 Å². The highest BCUT2D eigenvalue weighted by molar-refractivity contribution is 6.31. The topological polar surface area (TPSA) is 6.48 Å². The predicted octanol–water partition coefficient (Wildman–Crippen LogP) is 18.8. The van der Waals surface area contributed by atoms with Crippen molar-refractivity contribution in [3.8, 4) is 22.3 Å². The number of anilines is 6. The van der Waals surface area contributed by atoms with E-state index < -0.39 is 0 Å². The molecule has 0 fully saturated rings. The van der Waals surface area contributed by atoms with Crippen molar-refractivity contribution in [3.63, 3.8) is 0 Å². The summed E-state index contributed by atoms with van der Waals surface area (Å²) in [5.74, 6) is 0. The first-order valence-electron chi connectivity index (χ1n) is 21.3. The molecule has 0 aliphatic heterocycles. The van der Waals surface area contributed by atoms with Crippen LogP contribution in [0.2, 0.25) is 15.1 Å². The van der Waals surface area contributed by atoms with Gasteiger partial charge in [-0.05, 0) is 183 Å². The lowest BCUT2D eigenvalue weighted by molar-refractivity contribution is 1.27. The van der Waals surface area contributed by atoms with Gasteiger partial charge in [-0.1, -0.05) is 155 Å². The molecule has 0 amide bonds. The first-order chi connectivity index (χ1) is 31.0. The van der Waals surface area contributed by atoms with Crippen LogP contribution in [0.15, 0.2) is 218 Å². The zero-order chi connectivity index (χ0) is 45.0. The fraction of sp³-hybridized carbons (Fsp3) is 0.0847. The zero-order valence-electron chi connectivity index (χ0n) is 36.8. The Hall–Kier alpha value is -6.55. The van der Waals surface area contributed by atoms with E-state index in [1.54, 1.807) is 0 Å². The summed E-state index contributed by atoms with van der Waals surface area (Å²) < 4.78 is 0. The number of hydrogen-bond acceptors (Lipinski definition) is 2. The maximum absolute atomic E-state index is 6.02. The molecule has 0 aromatic heterocycles. The second-order valence-corrected chi connectivity index (χ2v) is 17.2. The molecule has 0 aliphatic rings. The lowest BCUT2D eigenvalue weighted by Gasteiger charge is -2.26. The normalized spacial score (nSPS) is 10.5. The Morgan fingerprint density at radius 3 is 0.828 bits per heavy atom. The van der Waals surface area contributed by atoms with Gasteiger partial charge in [-0.3, -0.25) is 0 Å². The fourth-order valence-corrected chi connectivity index (χ4v) is 7.97. The van der Waals surface area contributed by atoms with E-state index in [-0.39, 0.29) is 0 Å². The quantitative estimate of drug-likeness (QED) is 0.150. The molecule has 0 unspecified atom stereocenters. The van der Waals surface area contributed by atoms with Gasteiger partial charge in [0.25, 0.3) is 0 Å². The van der Waals surface area contributed by atoms with Crippen LogP contribution < -0.4 is 9.80 Å². The van der Waals surface area contributed by atoms with Crippen LogP contribution in [0.3, 0.4) is 0 Å². The van der Waals surface area contributed by atoms with E-state index in [9.17, 15) is 0 Å². The van der Waals surface area contributed by atoms with E-state index in [2.05, 4.69) is 183 Å². The first-order valence-corrected chi connectivity index (χ1v) is 22.4. The van der Waals surface area contributed by atoms with Crippen LogP contribution in [0.25, 0.3) is 22.3 Å². The summed E-state index contributed by atoms with van der Waals surface area (Å²) in [5, 5.41) is 2.26. The largest absolute Gasteiger partial charge is 0.310 e. The summed E-state index contributed by atoms with van der Waals surface area (Å²) in [6.07, 6.45) is 0. The molecule has 0 saturated carbocycles. The summed E-state index contributed by atoms with van der Waals surface area (Å²) in [7, 11) is 0. The molecule has 0 bridgehead atoms. The van der Waals surface area contributed by atoms with Gasteiger partial charge in [0.2, 0.25) is 0 Å². The number of halogens is 3. The minimum absolute atomic E-state index is 0.726. The van der Waals surface area contributed by atoms with Gasteiger partial charge < -0.3 is 9.80 Å². The summed E-state index contributed by atoms with van der Waals surface area (Å²) in [5.41, 5.74) is 17.8. The molecule has 0 N–H and O–H groups in total. The molecule has 9 aromatic carbocycles. The van der Waals surface area contributed by atoms with Crippen molar-refractivity contribution in [2.45, 2.75) is 34.6 Å². The van der Waals surface area contributed by atoms with Crippen LogP contribution in [-0.4, -0.2) is 0 Å². The average Bonchev–Trinajstić information content (AvgIpc) is 3.29. The van der Waals surface area contributed by atoms with Crippen LogP contribution in [0, 0.1) is 34.6 Å². The highest BCUT2D eigenvalue weighted by Gasteiger charge is 2.15. The lowest BCUT2D eigenvalue weighted by Crippen LogP contribution is -2.10. The Morgan fingerprint density at radius 1 is 0.234 bits per heavy atom. The summed E-state index contributed by atoms with van der Waals surface area (Å²) in [6.45, 7) is 10.5. The van der Waals surface area contributed by atoms with Crippen molar-refractivity contribution in [1.29, 1.82) is 0 Å². The van der Waals surface area contributed by atoms with Crippen LogP contribution in [0.4, 0.5) is 34.1 Å². The van der Waals surface area contributed by atoms with E-state index >= 15 is 0 Å². The van der Waals surface area contributed by atoms with E-state index in [1.165, 1.54) is 50.1 Å². The van der Waals surface area contributed by atoms with Crippen molar-refractivity contribution < 1.29 is 0 Å². The van der Waals surface area contributed by atoms with Gasteiger partial charge in [0, 0.05) is 49.2 Å². The highest BCUT2D eigenvalue weighted by atomic mass is 35.5. The van der Waals surface area contributed by atoms with Crippen molar-refractivity contribution in [3.05, 3.63) is 261 Å². The van der Waals surface area contributed by atoms with Gasteiger partial charge in [-0.15, -0.1) is 0 Å². The molecule has 9 rings (SSSR count). The van der Waals surface area contributed by atoms with Crippen molar-refractivity contribution in [1.82, 2.24) is 0 Å². The average molecular weight is 894 g/mol. The molecule has 64 heavy (non-hydrogen) atoms. The summed E-state index contributed by atoms with van der Waals surface area (Å²) in [4.78, 5) is 4.51. The summed E-state index contributed by atoms with van der Waals surface area (Å²) in [6, 6.07) is 75.5. The number of nitrogens with zero attached hydrogens (tertiary/aromatic N) is 2. The van der Waals surface area contributed by atoms with Gasteiger partial charge >= 0.3 is 0 Å². The van der Waals surface area contributed by atoms with E-state index in [4.69, 9.17) is 34.8 Å². The van der Waals surface area contributed by atoms with Crippen LogP contribution in [0.1, 0.15) is 27.8 Å². The molecule has 0 saturated heterocycles. The van der Waals surface area contributed by atoms with E-state index in [0.29, 0.717) is 0 Å². The van der Waals surface area contributed by atoms with Crippen LogP contribution in [0.5, 0.6) is 0 Å². The minimum atomic E-state index is 0.726. The molecule has 9 aromatic rings. The minimum Gasteiger partial charge on any atom is -0.310 e. The maximum atomic E-state index is 6.02. The van der Waals surface area contributed by atoms with Crippen molar-refractivity contribution in [2.24, 2.45) is 0 Å². The third-order valence-corrected chi connectivity index (χ3v) is 11.4. The van der Waals surface area contributed by atoms with Crippen molar-refractivity contribution in [2.75, 3.05) is 9.80 Å². The van der Waals surface area contributed by atoms with Gasteiger partial charge in [0.1, 0.15) is 0 Å². The molecule has 5 heteroatoms. The Morgan fingerprint density at radius 2 is 0.531 bits per heavy atom. The maximum Gasteiger partial charge on any atom is 0.0464 e. The lowest BCUT2D eigenvalue weighted by atomic mass is 10.0. The number of hydrogen-bond donors (Lipinski definition) is 0. The SMILES string of the molecule is Cc1cccc(-c2ccc(N(c3ccc(-c4cccc(C)c4)cc3)c3cccc(C)c3)cc2)c1.Cc1cccc(Cl)c1.Cc1cccc(N(c2ccc(Cl)cc2)c2ccc(Cl)cc2)c1. The third-order valence-electron chi connectivity index (χ3n) is 10.6. The summed E-state index contributed by atoms with van der Waals surface area (Å²) >= 11 is 17.7. The molecule has 2 nitrogen and oxygen atoms in total. The fourth-order valence-electron chi connectivity index (χ4n) is 7.47. The first kappa shape index (κ1) is 45.5. The Labute approximate surface area is 394 Å². The van der Waals surface area contributed by atoms with Crippen LogP contribution >= 0.6 is 34.8 Å². The van der Waals surface area contributed by atoms with Gasteiger partial charge in [-0.25, -0.2) is 0 Å². The predicted molar refractivity (Wildman–Crippen MR) is 278 cm³/mol. The standard InChI is InChI=1S/C33H29N.C19H15Cl2N.C7H7Cl/c1-24-7-4-10-29(21-24)27-13-17-31(18-14-27)34(33-12-6-9-26(3)23-33)32-19-15-28(16-20-32)30-11-5-8-25(2)22-30;1-14-3-2-4-19(13-14)22(17-9-5-15(20)6-10-17)18-11-7-16(21)8-12-18;1-6-3-2-4-7(8)5-6/h4-23H,1-3H3;2-13H,1H3;2-5H,1H3. The highest BCUT2D eigenvalue weighted by Crippen LogP contribution is 2.38. The Balaban J connectivity index is 0.000000173. The molecular weight excluding hydrogens is 843 g/mol. The molecular formula is C59H51Cl3N2. The second kappa shape index (κ2) is 21.7. The molecule has 0 atom stereocenters. The molecule has 0 heterocycles. The Kier molecular flexibility index (Phi) is 15.4. The molecule has 318 valence electrons. The molecule has 0 radical (unpaired) electrons. The smallest absolute Gasteiger partial charge is 0.0464 e. The molecule has 0 aliphatic carbocycles.